The molecule has 0 saturated carbocycles. The van der Waals surface area contributed by atoms with Gasteiger partial charge in [-0.25, -0.2) is 9.41 Å². The Balaban J connectivity index is 1.75. The number of benzene rings is 4. The normalized spacial score (nSPS) is 13.4. The van der Waals surface area contributed by atoms with E-state index < -0.39 is 35.3 Å². The summed E-state index contributed by atoms with van der Waals surface area (Å²) in [5.41, 5.74) is 1.38. The summed E-state index contributed by atoms with van der Waals surface area (Å²) in [5, 5.41) is 0.641. The van der Waals surface area contributed by atoms with Gasteiger partial charge in [-0.05, 0) is 60.6 Å². The van der Waals surface area contributed by atoms with Crippen molar-refractivity contribution in [2.24, 2.45) is 7.05 Å². The van der Waals surface area contributed by atoms with Crippen molar-refractivity contribution in [3.05, 3.63) is 125 Å². The highest BCUT2D eigenvalue weighted by Gasteiger charge is 2.41. The van der Waals surface area contributed by atoms with Crippen molar-refractivity contribution < 1.29 is 26.3 Å². The van der Waals surface area contributed by atoms with E-state index in [4.69, 9.17) is 15.1 Å². The number of para-hydroxylation sites is 2. The van der Waals surface area contributed by atoms with Crippen LogP contribution in [0.25, 0.3) is 38.0 Å². The van der Waals surface area contributed by atoms with Crippen LogP contribution in [0.5, 0.6) is 0 Å². The van der Waals surface area contributed by atoms with Crippen LogP contribution >= 0.6 is 0 Å². The zero-order chi connectivity index (χ0) is 34.8. The molecule has 0 aliphatic heterocycles. The lowest BCUT2D eigenvalue weighted by molar-refractivity contribution is -0.660. The molecule has 45 heavy (non-hydrogen) atoms. The van der Waals surface area contributed by atoms with Crippen molar-refractivity contribution in [3.63, 3.8) is 0 Å². The van der Waals surface area contributed by atoms with E-state index in [0.29, 0.717) is 33.6 Å². The molecule has 4 nitrogen and oxygen atoms in total. The lowest BCUT2D eigenvalue weighted by Crippen LogP contribution is -2.33. The number of furan rings is 1. The average Bonchev–Trinajstić information content (AvgIpc) is 3.38. The van der Waals surface area contributed by atoms with Crippen molar-refractivity contribution in [1.29, 1.82) is 0 Å². The minimum Gasteiger partial charge on any atom is -0.456 e. The van der Waals surface area contributed by atoms with Crippen LogP contribution in [0.1, 0.15) is 47.1 Å². The predicted octanol–water partition coefficient (Wildman–Crippen LogP) is 11.0. The van der Waals surface area contributed by atoms with Crippen molar-refractivity contribution in [3.8, 4) is 11.3 Å². The molecule has 2 aromatic heterocycles. The van der Waals surface area contributed by atoms with Gasteiger partial charge in [0.2, 0.25) is 11.4 Å². The van der Waals surface area contributed by atoms with Crippen molar-refractivity contribution >= 4 is 44.7 Å². The van der Waals surface area contributed by atoms with Gasteiger partial charge >= 0.3 is 6.18 Å². The highest BCUT2D eigenvalue weighted by atomic mass is 19.4. The fourth-order valence-electron chi connectivity index (χ4n) is 6.01. The van der Waals surface area contributed by atoms with Crippen LogP contribution in [0.4, 0.5) is 35.9 Å². The largest absolute Gasteiger partial charge is 0.456 e. The molecule has 0 unspecified atom stereocenters. The molecule has 0 saturated heterocycles. The first kappa shape index (κ1) is 26.3. The maximum Gasteiger partial charge on any atom is 0.411 e. The number of aromatic nitrogens is 1. The molecule has 0 spiro atoms. The second kappa shape index (κ2) is 10.8. The number of rotatable bonds is 4. The van der Waals surface area contributed by atoms with Gasteiger partial charge in [-0.1, -0.05) is 69.3 Å². The maximum atomic E-state index is 15.2. The smallest absolute Gasteiger partial charge is 0.411 e. The maximum absolute atomic E-state index is 15.2. The topological polar surface area (TPSA) is 24.6 Å². The van der Waals surface area contributed by atoms with Gasteiger partial charge < -0.3 is 9.32 Å². The monoisotopic (exact) mass is 607 g/mol. The molecule has 6 aromatic rings. The Hall–Kier alpha value is -5.09. The summed E-state index contributed by atoms with van der Waals surface area (Å²) >= 11 is 0. The SMILES string of the molecule is [2H]C([2H])([2H])c1c[n+](C)c(-c2c(C)ccc3c2oc2c(C(F)(F)F)c([N+]#[C-])c(N(c4ccccc4)c4ccccc4)cc23)cc1C(C)(C)C. The predicted molar refractivity (Wildman–Crippen MR) is 174 cm³/mol. The lowest BCUT2D eigenvalue weighted by atomic mass is 9.83. The van der Waals surface area contributed by atoms with Gasteiger partial charge in [0.25, 0.3) is 0 Å². The number of hydrogen-bond acceptors (Lipinski definition) is 2. The van der Waals surface area contributed by atoms with Gasteiger partial charge in [0.1, 0.15) is 23.8 Å². The van der Waals surface area contributed by atoms with Gasteiger partial charge in [-0.3, -0.25) is 0 Å². The third-order valence-electron chi connectivity index (χ3n) is 8.10. The quantitative estimate of drug-likeness (QED) is 0.147. The molecule has 0 fully saturated rings. The van der Waals surface area contributed by atoms with E-state index in [1.807, 2.05) is 45.9 Å². The summed E-state index contributed by atoms with van der Waals surface area (Å²) in [4.78, 5) is 5.14. The van der Waals surface area contributed by atoms with Crippen LogP contribution in [-0.4, -0.2) is 0 Å². The Labute approximate surface area is 265 Å². The first-order valence-corrected chi connectivity index (χ1v) is 14.4. The Bertz CT molecular complexity index is 2190. The number of aryl methyl sites for hydroxylation is 3. The van der Waals surface area contributed by atoms with Crippen LogP contribution in [-0.2, 0) is 18.6 Å². The second-order valence-electron chi connectivity index (χ2n) is 12.2. The fourth-order valence-corrected chi connectivity index (χ4v) is 6.01. The van der Waals surface area contributed by atoms with Crippen LogP contribution in [0.3, 0.4) is 0 Å². The van der Waals surface area contributed by atoms with E-state index in [1.165, 1.54) is 0 Å². The molecule has 7 heteroatoms. The van der Waals surface area contributed by atoms with E-state index in [0.717, 1.165) is 5.56 Å². The molecule has 0 atom stereocenters. The Morgan fingerprint density at radius 1 is 0.844 bits per heavy atom. The van der Waals surface area contributed by atoms with E-state index in [2.05, 4.69) is 4.85 Å². The van der Waals surface area contributed by atoms with E-state index in [1.54, 1.807) is 89.4 Å². The summed E-state index contributed by atoms with van der Waals surface area (Å²) in [6, 6.07) is 24.9. The zero-order valence-electron chi connectivity index (χ0n) is 28.5. The first-order chi connectivity index (χ1) is 22.5. The van der Waals surface area contributed by atoms with Crippen molar-refractivity contribution in [2.75, 3.05) is 4.90 Å². The molecule has 0 aliphatic carbocycles. The number of halogens is 3. The number of alkyl halides is 3. The van der Waals surface area contributed by atoms with Gasteiger partial charge in [0.05, 0.1) is 17.8 Å². The average molecular weight is 608 g/mol. The minimum atomic E-state index is -4.93. The van der Waals surface area contributed by atoms with Crippen molar-refractivity contribution in [1.82, 2.24) is 0 Å². The van der Waals surface area contributed by atoms with E-state index >= 15 is 13.2 Å². The van der Waals surface area contributed by atoms with Crippen LogP contribution in [0.15, 0.2) is 95.5 Å². The molecule has 6 rings (SSSR count). The Morgan fingerprint density at radius 2 is 1.47 bits per heavy atom. The molecule has 226 valence electrons. The minimum absolute atomic E-state index is 0.0645. The van der Waals surface area contributed by atoms with Crippen LogP contribution in [0.2, 0.25) is 0 Å². The number of hydrogen-bond donors (Lipinski definition) is 0. The van der Waals surface area contributed by atoms with Gasteiger partial charge in [0, 0.05) is 37.9 Å². The van der Waals surface area contributed by atoms with E-state index in [-0.39, 0.29) is 22.2 Å². The lowest BCUT2D eigenvalue weighted by Gasteiger charge is -2.27. The third-order valence-corrected chi connectivity index (χ3v) is 8.10. The number of nitrogens with zero attached hydrogens (tertiary/aromatic N) is 3. The summed E-state index contributed by atoms with van der Waals surface area (Å²) in [6.45, 7) is 13.3. The molecule has 0 N–H and O–H groups in total. The number of pyridine rings is 1. The molecule has 4 aromatic carbocycles. The Kier molecular flexibility index (Phi) is 6.33. The summed E-state index contributed by atoms with van der Waals surface area (Å²) in [6.07, 6.45) is -3.36. The third kappa shape index (κ3) is 5.10. The molecular formula is C38H33F3N3O+. The van der Waals surface area contributed by atoms with Crippen molar-refractivity contribution in [2.45, 2.75) is 46.1 Å². The van der Waals surface area contributed by atoms with Crippen LogP contribution < -0.4 is 9.47 Å². The highest BCUT2D eigenvalue weighted by Crippen LogP contribution is 2.52. The highest BCUT2D eigenvalue weighted by molar-refractivity contribution is 6.14. The Morgan fingerprint density at radius 3 is 2.00 bits per heavy atom. The molecule has 2 heterocycles. The van der Waals surface area contributed by atoms with E-state index in [9.17, 15) is 0 Å². The summed E-state index contributed by atoms with van der Waals surface area (Å²) < 4.78 is 78.0. The molecule has 0 radical (unpaired) electrons. The summed E-state index contributed by atoms with van der Waals surface area (Å²) in [7, 11) is 1.71. The molecule has 0 bridgehead atoms. The van der Waals surface area contributed by atoms with Gasteiger partial charge in [0.15, 0.2) is 6.20 Å². The zero-order valence-corrected chi connectivity index (χ0v) is 25.5. The standard InChI is InChI=1S/C38H33F3N3O/c1-23-18-19-27-28-20-31(44(25-14-10-8-11-15-25)26-16-12-9-13-17-26)34(42-6)33(38(39,40)41)36(28)45-35(27)32(23)30-21-29(37(3,4)5)24(2)22-43(30)7/h8-22H,1-5,7H3/q+1/i2D3. The molecule has 0 amide bonds. The van der Waals surface area contributed by atoms with Gasteiger partial charge in [-0.2, -0.15) is 13.2 Å². The molecule has 0 aliphatic rings. The van der Waals surface area contributed by atoms with Gasteiger partial charge in [-0.15, -0.1) is 0 Å². The number of anilines is 3. The fraction of sp³-hybridized carbons (Fsp3) is 0.211. The first-order valence-electron chi connectivity index (χ1n) is 15.9. The molecular weight excluding hydrogens is 571 g/mol. The summed E-state index contributed by atoms with van der Waals surface area (Å²) in [5.74, 6) is 0. The van der Waals surface area contributed by atoms with Crippen LogP contribution in [0, 0.1) is 20.3 Å². The second-order valence-corrected chi connectivity index (χ2v) is 12.2. The number of fused-ring (bicyclic) bond motifs is 3.